The molecule has 37 heavy (non-hydrogen) atoms. The number of hydrogen-bond donors (Lipinski definition) is 3. The van der Waals surface area contributed by atoms with Crippen molar-refractivity contribution in [2.45, 2.75) is 5.66 Å². The predicted molar refractivity (Wildman–Crippen MR) is 142 cm³/mol. The number of nitrogens with one attached hydrogen (secondary N) is 3. The SMILES string of the molecule is CNC1(c2cccc(NC(=O)c3cc(OC)c(OC)c(OC)c3)c2)N=CNc2cc(OC)c(OC)cc21. The van der Waals surface area contributed by atoms with E-state index in [0.717, 1.165) is 16.8 Å². The lowest BCUT2D eigenvalue weighted by molar-refractivity contribution is 0.102. The zero-order chi connectivity index (χ0) is 26.6. The van der Waals surface area contributed by atoms with E-state index in [4.69, 9.17) is 28.7 Å². The molecule has 0 aromatic heterocycles. The van der Waals surface area contributed by atoms with Crippen LogP contribution in [0.5, 0.6) is 28.7 Å². The minimum atomic E-state index is -0.937. The highest BCUT2D eigenvalue weighted by molar-refractivity contribution is 6.05. The van der Waals surface area contributed by atoms with Crippen molar-refractivity contribution in [1.82, 2.24) is 5.32 Å². The average Bonchev–Trinajstić information content (AvgIpc) is 2.95. The van der Waals surface area contributed by atoms with Gasteiger partial charge in [-0.25, -0.2) is 4.99 Å². The van der Waals surface area contributed by atoms with Gasteiger partial charge in [0.25, 0.3) is 5.91 Å². The number of amides is 1. The number of ether oxygens (including phenoxy) is 5. The molecule has 0 fully saturated rings. The van der Waals surface area contributed by atoms with E-state index in [2.05, 4.69) is 16.0 Å². The van der Waals surface area contributed by atoms with Crippen LogP contribution in [-0.4, -0.2) is 54.8 Å². The summed E-state index contributed by atoms with van der Waals surface area (Å²) in [6.45, 7) is 0. The zero-order valence-corrected chi connectivity index (χ0v) is 21.6. The van der Waals surface area contributed by atoms with Crippen LogP contribution in [0.1, 0.15) is 21.5 Å². The Bertz CT molecular complexity index is 1320. The van der Waals surface area contributed by atoms with Crippen molar-refractivity contribution in [3.8, 4) is 28.7 Å². The molecule has 0 spiro atoms. The summed E-state index contributed by atoms with van der Waals surface area (Å²) in [5, 5.41) is 9.47. The van der Waals surface area contributed by atoms with Crippen LogP contribution in [0.4, 0.5) is 11.4 Å². The molecule has 0 aliphatic carbocycles. The van der Waals surface area contributed by atoms with Crippen molar-refractivity contribution in [2.24, 2.45) is 4.99 Å². The van der Waals surface area contributed by atoms with Gasteiger partial charge in [0, 0.05) is 28.4 Å². The van der Waals surface area contributed by atoms with E-state index in [0.29, 0.717) is 40.0 Å². The lowest BCUT2D eigenvalue weighted by Gasteiger charge is -2.35. The zero-order valence-electron chi connectivity index (χ0n) is 21.6. The summed E-state index contributed by atoms with van der Waals surface area (Å²) in [5.41, 5.74) is 2.46. The fraction of sp³-hybridized carbons (Fsp3) is 0.259. The Hall–Kier alpha value is -4.44. The Kier molecular flexibility index (Phi) is 7.40. The van der Waals surface area contributed by atoms with Crippen LogP contribution in [0.15, 0.2) is 53.5 Å². The monoisotopic (exact) mass is 506 g/mol. The molecule has 3 aromatic rings. The van der Waals surface area contributed by atoms with Crippen LogP contribution in [-0.2, 0) is 5.66 Å². The Morgan fingerprint density at radius 1 is 0.838 bits per heavy atom. The molecule has 4 rings (SSSR count). The Morgan fingerprint density at radius 2 is 1.49 bits per heavy atom. The highest BCUT2D eigenvalue weighted by atomic mass is 16.5. The van der Waals surface area contributed by atoms with Gasteiger partial charge >= 0.3 is 0 Å². The molecule has 3 aromatic carbocycles. The highest BCUT2D eigenvalue weighted by Gasteiger charge is 2.37. The van der Waals surface area contributed by atoms with Gasteiger partial charge in [0.15, 0.2) is 28.7 Å². The summed E-state index contributed by atoms with van der Waals surface area (Å²) in [6, 6.07) is 14.4. The standard InChI is InChI=1S/C27H30N4O6/c1-28-27(19-13-21(33-2)22(34-3)14-20(19)29-15-30-27)17-8-7-9-18(12-17)31-26(32)16-10-23(35-4)25(37-6)24(11-16)36-5/h7-15,28H,1-6H3,(H,29,30)(H,31,32). The molecule has 1 amide bonds. The minimum Gasteiger partial charge on any atom is -0.493 e. The molecule has 0 bridgehead atoms. The summed E-state index contributed by atoms with van der Waals surface area (Å²) in [7, 11) is 9.51. The van der Waals surface area contributed by atoms with Crippen molar-refractivity contribution in [3.05, 3.63) is 65.2 Å². The molecular formula is C27H30N4O6. The van der Waals surface area contributed by atoms with Crippen LogP contribution in [0.2, 0.25) is 0 Å². The molecule has 10 nitrogen and oxygen atoms in total. The van der Waals surface area contributed by atoms with E-state index in [1.54, 1.807) is 32.7 Å². The number of fused-ring (bicyclic) bond motifs is 1. The summed E-state index contributed by atoms with van der Waals surface area (Å²) >= 11 is 0. The van der Waals surface area contributed by atoms with Gasteiger partial charge in [0.1, 0.15) is 0 Å². The Labute approximate surface area is 215 Å². The summed E-state index contributed by atoms with van der Waals surface area (Å²) in [5.74, 6) is 2.02. The number of hydrogen-bond acceptors (Lipinski definition) is 9. The third-order valence-electron chi connectivity index (χ3n) is 6.22. The molecular weight excluding hydrogens is 476 g/mol. The number of nitrogens with zero attached hydrogens (tertiary/aromatic N) is 1. The number of carbonyl (C=O) groups is 1. The maximum atomic E-state index is 13.2. The number of carbonyl (C=O) groups excluding carboxylic acids is 1. The molecule has 3 N–H and O–H groups in total. The van der Waals surface area contributed by atoms with Gasteiger partial charge < -0.3 is 34.3 Å². The van der Waals surface area contributed by atoms with Gasteiger partial charge in [-0.3, -0.25) is 10.1 Å². The van der Waals surface area contributed by atoms with Crippen molar-refractivity contribution in [2.75, 3.05) is 53.2 Å². The van der Waals surface area contributed by atoms with Crippen LogP contribution >= 0.6 is 0 Å². The second-order valence-corrected chi connectivity index (χ2v) is 8.06. The molecule has 1 unspecified atom stereocenters. The largest absolute Gasteiger partial charge is 0.493 e. The average molecular weight is 507 g/mol. The second kappa shape index (κ2) is 10.7. The summed E-state index contributed by atoms with van der Waals surface area (Å²) in [6.07, 6.45) is 1.63. The van der Waals surface area contributed by atoms with Crippen LogP contribution < -0.4 is 39.6 Å². The molecule has 1 aliphatic rings. The van der Waals surface area contributed by atoms with Gasteiger partial charge in [-0.2, -0.15) is 0 Å². The van der Waals surface area contributed by atoms with E-state index >= 15 is 0 Å². The Morgan fingerprint density at radius 3 is 2.08 bits per heavy atom. The van der Waals surface area contributed by atoms with Crippen molar-refractivity contribution >= 4 is 23.6 Å². The molecule has 10 heteroatoms. The molecule has 1 atom stereocenters. The number of methoxy groups -OCH3 is 5. The molecule has 1 heterocycles. The van der Waals surface area contributed by atoms with Crippen LogP contribution in [0, 0.1) is 0 Å². The third-order valence-corrected chi connectivity index (χ3v) is 6.22. The van der Waals surface area contributed by atoms with Gasteiger partial charge in [0.2, 0.25) is 5.75 Å². The van der Waals surface area contributed by atoms with E-state index in [9.17, 15) is 4.79 Å². The second-order valence-electron chi connectivity index (χ2n) is 8.06. The molecule has 1 aliphatic heterocycles. The number of aliphatic imine (C=N–C) groups is 1. The first-order valence-corrected chi connectivity index (χ1v) is 11.4. The lowest BCUT2D eigenvalue weighted by atomic mass is 9.88. The van der Waals surface area contributed by atoms with E-state index in [1.165, 1.54) is 21.3 Å². The van der Waals surface area contributed by atoms with Gasteiger partial charge in [-0.05, 0) is 37.4 Å². The predicted octanol–water partition coefficient (Wildman–Crippen LogP) is 3.86. The van der Waals surface area contributed by atoms with E-state index < -0.39 is 5.66 Å². The maximum Gasteiger partial charge on any atom is 0.255 e. The van der Waals surface area contributed by atoms with Crippen LogP contribution in [0.3, 0.4) is 0 Å². The van der Waals surface area contributed by atoms with Gasteiger partial charge in [0.05, 0.1) is 47.6 Å². The fourth-order valence-corrected chi connectivity index (χ4v) is 4.38. The smallest absolute Gasteiger partial charge is 0.255 e. The number of benzene rings is 3. The third kappa shape index (κ3) is 4.58. The normalized spacial score (nSPS) is 15.7. The number of anilines is 2. The van der Waals surface area contributed by atoms with Crippen molar-refractivity contribution < 1.29 is 28.5 Å². The molecule has 0 saturated carbocycles. The number of rotatable bonds is 9. The first kappa shape index (κ1) is 25.6. The van der Waals surface area contributed by atoms with Crippen molar-refractivity contribution in [3.63, 3.8) is 0 Å². The summed E-state index contributed by atoms with van der Waals surface area (Å²) in [4.78, 5) is 18.0. The van der Waals surface area contributed by atoms with Gasteiger partial charge in [-0.1, -0.05) is 12.1 Å². The first-order chi connectivity index (χ1) is 17.9. The molecule has 194 valence electrons. The van der Waals surface area contributed by atoms with E-state index in [-0.39, 0.29) is 5.91 Å². The lowest BCUT2D eigenvalue weighted by Crippen LogP contribution is -2.42. The summed E-state index contributed by atoms with van der Waals surface area (Å²) < 4.78 is 27.1. The molecule has 0 saturated heterocycles. The molecule has 0 radical (unpaired) electrons. The Balaban J connectivity index is 1.72. The fourth-order valence-electron chi connectivity index (χ4n) is 4.38. The maximum absolute atomic E-state index is 13.2. The van der Waals surface area contributed by atoms with Crippen LogP contribution in [0.25, 0.3) is 0 Å². The minimum absolute atomic E-state index is 0.337. The highest BCUT2D eigenvalue weighted by Crippen LogP contribution is 2.44. The van der Waals surface area contributed by atoms with Crippen molar-refractivity contribution in [1.29, 1.82) is 0 Å². The topological polar surface area (TPSA) is 112 Å². The first-order valence-electron chi connectivity index (χ1n) is 11.4. The van der Waals surface area contributed by atoms with E-state index in [1.807, 2.05) is 43.4 Å². The van der Waals surface area contributed by atoms with Gasteiger partial charge in [-0.15, -0.1) is 0 Å². The quantitative estimate of drug-likeness (QED) is 0.401.